The number of carbonyl (C=O) groups is 1. The molecule has 1 aliphatic heterocycles. The van der Waals surface area contributed by atoms with E-state index < -0.39 is 5.97 Å². The molecule has 1 N–H and O–H groups in total. The van der Waals surface area contributed by atoms with Crippen LogP contribution in [0.15, 0.2) is 30.5 Å². The topological polar surface area (TPSA) is 81.5 Å². The van der Waals surface area contributed by atoms with Crippen molar-refractivity contribution in [1.29, 1.82) is 0 Å². The number of aromatic nitrogens is 2. The molecular weight excluding hydrogens is 236 g/mol. The lowest BCUT2D eigenvalue weighted by molar-refractivity contribution is -0.209. The Balaban J connectivity index is 2.26. The first-order valence-electron chi connectivity index (χ1n) is 5.25. The first-order chi connectivity index (χ1) is 8.75. The predicted octanol–water partition coefficient (Wildman–Crippen LogP) is 1.63. The van der Waals surface area contributed by atoms with E-state index in [0.29, 0.717) is 29.1 Å². The van der Waals surface area contributed by atoms with Crippen molar-refractivity contribution in [3.63, 3.8) is 0 Å². The summed E-state index contributed by atoms with van der Waals surface area (Å²) in [4.78, 5) is 29.2. The van der Waals surface area contributed by atoms with Crippen molar-refractivity contribution in [2.24, 2.45) is 0 Å². The Morgan fingerprint density at radius 3 is 3.06 bits per heavy atom. The van der Waals surface area contributed by atoms with Gasteiger partial charge in [-0.3, -0.25) is 0 Å². The Morgan fingerprint density at radius 1 is 1.44 bits per heavy atom. The maximum absolute atomic E-state index is 11.2. The fourth-order valence-corrected chi connectivity index (χ4v) is 1.75. The minimum atomic E-state index is -1.03. The lowest BCUT2D eigenvalue weighted by Gasteiger charge is -2.05. The molecule has 3 rings (SSSR count). The SMILES string of the molecule is O=C(O)c1cc(C2=CCOO2)nc2ncccc12. The molecule has 18 heavy (non-hydrogen) atoms. The monoisotopic (exact) mass is 244 g/mol. The Bertz CT molecular complexity index is 666. The second kappa shape index (κ2) is 4.08. The van der Waals surface area contributed by atoms with Crippen molar-refractivity contribution in [1.82, 2.24) is 9.97 Å². The van der Waals surface area contributed by atoms with Gasteiger partial charge in [-0.2, -0.15) is 4.89 Å². The summed E-state index contributed by atoms with van der Waals surface area (Å²) in [5.41, 5.74) is 0.902. The van der Waals surface area contributed by atoms with Crippen LogP contribution in [-0.4, -0.2) is 27.7 Å². The molecule has 0 bridgehead atoms. The maximum atomic E-state index is 11.2. The van der Waals surface area contributed by atoms with E-state index in [1.54, 1.807) is 24.4 Å². The largest absolute Gasteiger partial charge is 0.478 e. The molecule has 0 spiro atoms. The number of aromatic carboxylic acids is 1. The molecule has 0 atom stereocenters. The normalized spacial score (nSPS) is 14.3. The number of fused-ring (bicyclic) bond motifs is 1. The summed E-state index contributed by atoms with van der Waals surface area (Å²) < 4.78 is 0. The highest BCUT2D eigenvalue weighted by Crippen LogP contribution is 2.24. The third-order valence-electron chi connectivity index (χ3n) is 2.55. The standard InChI is InChI=1S/C12H8N2O4/c15-12(16)8-6-9(10-3-5-17-18-10)14-11-7(8)2-1-4-13-11/h1-4,6H,5H2,(H,15,16). The number of carboxylic acid groups (broad SMARTS) is 1. The molecular formula is C12H8N2O4. The molecule has 0 saturated carbocycles. The zero-order chi connectivity index (χ0) is 12.5. The van der Waals surface area contributed by atoms with Gasteiger partial charge >= 0.3 is 5.97 Å². The van der Waals surface area contributed by atoms with Crippen LogP contribution in [0.4, 0.5) is 0 Å². The third-order valence-corrected chi connectivity index (χ3v) is 2.55. The van der Waals surface area contributed by atoms with Crippen molar-refractivity contribution < 1.29 is 19.7 Å². The molecule has 0 unspecified atom stereocenters. The third kappa shape index (κ3) is 1.68. The zero-order valence-corrected chi connectivity index (χ0v) is 9.16. The minimum absolute atomic E-state index is 0.138. The first kappa shape index (κ1) is 10.7. The van der Waals surface area contributed by atoms with Crippen molar-refractivity contribution >= 4 is 22.8 Å². The number of nitrogens with zero attached hydrogens (tertiary/aromatic N) is 2. The van der Waals surface area contributed by atoms with Crippen LogP contribution in [-0.2, 0) is 9.78 Å². The number of hydrogen-bond acceptors (Lipinski definition) is 5. The summed E-state index contributed by atoms with van der Waals surface area (Å²) in [6.07, 6.45) is 3.24. The zero-order valence-electron chi connectivity index (χ0n) is 9.16. The lowest BCUT2D eigenvalue weighted by Crippen LogP contribution is -2.02. The van der Waals surface area contributed by atoms with Gasteiger partial charge < -0.3 is 9.99 Å². The molecule has 0 fully saturated rings. The molecule has 0 amide bonds. The van der Waals surface area contributed by atoms with E-state index in [-0.39, 0.29) is 5.56 Å². The number of hydrogen-bond donors (Lipinski definition) is 1. The van der Waals surface area contributed by atoms with Gasteiger partial charge in [-0.25, -0.2) is 14.8 Å². The van der Waals surface area contributed by atoms with E-state index in [1.807, 2.05) is 0 Å². The van der Waals surface area contributed by atoms with Crippen LogP contribution >= 0.6 is 0 Å². The molecule has 0 radical (unpaired) electrons. The summed E-state index contributed by atoms with van der Waals surface area (Å²) in [6.45, 7) is 0.319. The molecule has 6 heteroatoms. The maximum Gasteiger partial charge on any atom is 0.336 e. The fraction of sp³-hybridized carbons (Fsp3) is 0.0833. The smallest absolute Gasteiger partial charge is 0.336 e. The van der Waals surface area contributed by atoms with Crippen LogP contribution in [0.1, 0.15) is 16.1 Å². The van der Waals surface area contributed by atoms with Gasteiger partial charge in [0.25, 0.3) is 0 Å². The number of pyridine rings is 2. The average molecular weight is 244 g/mol. The van der Waals surface area contributed by atoms with Crippen LogP contribution in [0.5, 0.6) is 0 Å². The number of rotatable bonds is 2. The van der Waals surface area contributed by atoms with Crippen LogP contribution in [0, 0.1) is 0 Å². The molecule has 2 aromatic heterocycles. The van der Waals surface area contributed by atoms with E-state index in [9.17, 15) is 9.90 Å². The molecule has 90 valence electrons. The van der Waals surface area contributed by atoms with Crippen molar-refractivity contribution in [2.45, 2.75) is 0 Å². The second-order valence-electron chi connectivity index (χ2n) is 3.67. The summed E-state index contributed by atoms with van der Waals surface area (Å²) in [5.74, 6) is -0.624. The van der Waals surface area contributed by atoms with Gasteiger partial charge in [0.15, 0.2) is 11.4 Å². The molecule has 0 aromatic carbocycles. The highest BCUT2D eigenvalue weighted by Gasteiger charge is 2.17. The molecule has 6 nitrogen and oxygen atoms in total. The quantitative estimate of drug-likeness (QED) is 0.808. The molecule has 3 heterocycles. The van der Waals surface area contributed by atoms with Gasteiger partial charge in [0.1, 0.15) is 12.3 Å². The highest BCUT2D eigenvalue weighted by molar-refractivity contribution is 6.02. The van der Waals surface area contributed by atoms with Crippen LogP contribution < -0.4 is 0 Å². The van der Waals surface area contributed by atoms with E-state index in [0.717, 1.165) is 0 Å². The first-order valence-corrected chi connectivity index (χ1v) is 5.25. The molecule has 2 aromatic rings. The van der Waals surface area contributed by atoms with Gasteiger partial charge in [-0.15, -0.1) is 0 Å². The van der Waals surface area contributed by atoms with E-state index in [1.165, 1.54) is 6.07 Å². The Morgan fingerprint density at radius 2 is 2.33 bits per heavy atom. The second-order valence-corrected chi connectivity index (χ2v) is 3.67. The van der Waals surface area contributed by atoms with Gasteiger partial charge in [-0.1, -0.05) is 0 Å². The van der Waals surface area contributed by atoms with Crippen LogP contribution in [0.2, 0.25) is 0 Å². The molecule has 0 saturated heterocycles. The van der Waals surface area contributed by atoms with E-state index >= 15 is 0 Å². The van der Waals surface area contributed by atoms with E-state index in [4.69, 9.17) is 9.78 Å². The molecule has 1 aliphatic rings. The van der Waals surface area contributed by atoms with Crippen molar-refractivity contribution in [3.8, 4) is 0 Å². The van der Waals surface area contributed by atoms with Gasteiger partial charge in [-0.05, 0) is 24.3 Å². The van der Waals surface area contributed by atoms with Gasteiger partial charge in [0.05, 0.1) is 5.56 Å². The van der Waals surface area contributed by atoms with Crippen LogP contribution in [0.25, 0.3) is 16.8 Å². The molecule has 0 aliphatic carbocycles. The van der Waals surface area contributed by atoms with Gasteiger partial charge in [0.2, 0.25) is 0 Å². The lowest BCUT2D eigenvalue weighted by atomic mass is 10.1. The summed E-state index contributed by atoms with van der Waals surface area (Å²) in [5, 5.41) is 9.70. The predicted molar refractivity (Wildman–Crippen MR) is 61.5 cm³/mol. The summed E-state index contributed by atoms with van der Waals surface area (Å²) in [7, 11) is 0. The van der Waals surface area contributed by atoms with Crippen molar-refractivity contribution in [2.75, 3.05) is 6.61 Å². The Labute approximate surface area is 101 Å². The average Bonchev–Trinajstić information content (AvgIpc) is 2.91. The fourth-order valence-electron chi connectivity index (χ4n) is 1.75. The van der Waals surface area contributed by atoms with Crippen LogP contribution in [0.3, 0.4) is 0 Å². The minimum Gasteiger partial charge on any atom is -0.478 e. The summed E-state index contributed by atoms with van der Waals surface area (Å²) in [6, 6.07) is 4.79. The highest BCUT2D eigenvalue weighted by atomic mass is 17.2. The Hall–Kier alpha value is -2.47. The number of carboxylic acids is 1. The van der Waals surface area contributed by atoms with Gasteiger partial charge in [0, 0.05) is 11.6 Å². The summed E-state index contributed by atoms with van der Waals surface area (Å²) >= 11 is 0. The Kier molecular flexibility index (Phi) is 2.42. The van der Waals surface area contributed by atoms with Crippen molar-refractivity contribution in [3.05, 3.63) is 41.7 Å². The van der Waals surface area contributed by atoms with E-state index in [2.05, 4.69) is 9.97 Å².